The Morgan fingerprint density at radius 3 is 2.47 bits per heavy atom. The molecular weight excluding hydrogens is 218 g/mol. The van der Waals surface area contributed by atoms with Crippen molar-refractivity contribution in [3.05, 3.63) is 12.2 Å². The molecule has 0 atom stereocenters. The van der Waals surface area contributed by atoms with Crippen LogP contribution < -0.4 is 0 Å². The van der Waals surface area contributed by atoms with E-state index in [0.29, 0.717) is 31.4 Å². The normalized spacial score (nSPS) is 11.4. The maximum atomic E-state index is 12.4. The Labute approximate surface area is 92.1 Å². The molecule has 0 saturated heterocycles. The number of carbonyl (C=O) groups excluding carboxylic acids is 1. The zero-order valence-corrected chi connectivity index (χ0v) is 11.3. The van der Waals surface area contributed by atoms with E-state index >= 15 is 0 Å². The summed E-state index contributed by atoms with van der Waals surface area (Å²) in [6.45, 7) is 5.30. The van der Waals surface area contributed by atoms with Crippen molar-refractivity contribution in [2.45, 2.75) is 38.2 Å². The summed E-state index contributed by atoms with van der Waals surface area (Å²) in [4.78, 5) is 10.9. The molecule has 15 heavy (non-hydrogen) atoms. The average Bonchev–Trinajstić information content (AvgIpc) is 2.08. The van der Waals surface area contributed by atoms with Crippen LogP contribution in [0.3, 0.4) is 0 Å². The summed E-state index contributed by atoms with van der Waals surface area (Å²) in [6.07, 6.45) is 1.74. The number of halogens is 2. The van der Waals surface area contributed by atoms with E-state index in [2.05, 4.69) is 6.58 Å². The molecule has 2 nitrogen and oxygen atoms in total. The van der Waals surface area contributed by atoms with Crippen LogP contribution in [0, 0.1) is 0 Å². The second kappa shape index (κ2) is 6.71. The van der Waals surface area contributed by atoms with Gasteiger partial charge in [-0.3, -0.25) is 0 Å². The van der Waals surface area contributed by atoms with Crippen molar-refractivity contribution in [1.82, 2.24) is 0 Å². The molecule has 5 heteroatoms. The minimum absolute atomic E-state index is 0.0480. The van der Waals surface area contributed by atoms with E-state index in [1.54, 1.807) is 6.92 Å². The highest BCUT2D eigenvalue weighted by atomic mass is 28.1. The van der Waals surface area contributed by atoms with E-state index in [9.17, 15) is 13.6 Å². The molecule has 0 radical (unpaired) electrons. The number of rotatable bonds is 7. The fourth-order valence-corrected chi connectivity index (χ4v) is 1.36. The molecule has 0 aromatic rings. The quantitative estimate of drug-likeness (QED) is 0.291. The second-order valence-corrected chi connectivity index (χ2v) is 5.26. The number of alkyl halides is 2. The monoisotopic (exact) mass is 236 g/mol. The van der Waals surface area contributed by atoms with E-state index in [-0.39, 0.29) is 16.7 Å². The van der Waals surface area contributed by atoms with Gasteiger partial charge in [0.05, 0.1) is 16.8 Å². The van der Waals surface area contributed by atoms with Crippen LogP contribution in [0.15, 0.2) is 12.2 Å². The van der Waals surface area contributed by atoms with Crippen LogP contribution in [-0.4, -0.2) is 28.4 Å². The fraction of sp³-hybridized carbons (Fsp3) is 0.700. The third kappa shape index (κ3) is 9.59. The first-order valence-corrected chi connectivity index (χ1v) is 6.03. The molecule has 0 aromatic heterocycles. The highest BCUT2D eigenvalue weighted by Crippen LogP contribution is 2.17. The zero-order chi connectivity index (χ0) is 11.9. The smallest absolute Gasteiger partial charge is 0.333 e. The summed E-state index contributed by atoms with van der Waals surface area (Å²) in [5.41, 5.74) is -2.09. The van der Waals surface area contributed by atoms with Crippen LogP contribution in [0.2, 0.25) is 0 Å². The summed E-state index contributed by atoms with van der Waals surface area (Å²) in [6, 6.07) is 0. The molecule has 0 rings (SSSR count). The van der Waals surface area contributed by atoms with Crippen LogP contribution in [0.1, 0.15) is 32.6 Å². The highest BCUT2D eigenvalue weighted by molar-refractivity contribution is 6.13. The lowest BCUT2D eigenvalue weighted by Crippen LogP contribution is -2.14. The first kappa shape index (κ1) is 14.3. The molecule has 0 heterocycles. The van der Waals surface area contributed by atoms with Gasteiger partial charge in [0.1, 0.15) is 0 Å². The molecule has 0 fully saturated rings. The average molecular weight is 236 g/mol. The molecule has 88 valence electrons. The minimum Gasteiger partial charge on any atom is -0.462 e. The largest absolute Gasteiger partial charge is 0.462 e. The Bertz CT molecular complexity index is 224. The Balaban J connectivity index is 3.33. The van der Waals surface area contributed by atoms with Crippen LogP contribution in [-0.2, 0) is 9.53 Å². The van der Waals surface area contributed by atoms with E-state index in [0.717, 1.165) is 0 Å². The lowest BCUT2D eigenvalue weighted by Gasteiger charge is -2.09. The van der Waals surface area contributed by atoms with E-state index in [1.807, 2.05) is 0 Å². The molecule has 0 aliphatic carbocycles. The minimum atomic E-state index is -2.45. The number of ether oxygens (including phenoxy) is 1. The van der Waals surface area contributed by atoms with Crippen molar-refractivity contribution < 1.29 is 18.3 Å². The molecule has 0 amide bonds. The van der Waals surface area contributed by atoms with Crippen molar-refractivity contribution in [3.63, 3.8) is 0 Å². The van der Waals surface area contributed by atoms with Gasteiger partial charge in [-0.25, -0.2) is 13.6 Å². The molecule has 0 saturated carbocycles. The van der Waals surface area contributed by atoms with Crippen LogP contribution >= 0.6 is 0 Å². The number of esters is 1. The van der Waals surface area contributed by atoms with E-state index in [1.165, 1.54) is 0 Å². The molecule has 0 N–H and O–H groups in total. The molecule has 0 spiro atoms. The van der Waals surface area contributed by atoms with Gasteiger partial charge in [-0.05, 0) is 26.2 Å². The lowest BCUT2D eigenvalue weighted by molar-refractivity contribution is -0.139. The zero-order valence-electron chi connectivity index (χ0n) is 9.32. The van der Waals surface area contributed by atoms with Gasteiger partial charge in [-0.15, -0.1) is 0 Å². The Morgan fingerprint density at radius 2 is 2.00 bits per heavy atom. The molecule has 0 bridgehead atoms. The summed E-state index contributed by atoms with van der Waals surface area (Å²) in [7, 11) is -0.0884. The van der Waals surface area contributed by atoms with Crippen molar-refractivity contribution in [1.29, 1.82) is 0 Å². The molecule has 0 aromatic carbocycles. The topological polar surface area (TPSA) is 26.3 Å². The predicted molar refractivity (Wildman–Crippen MR) is 59.1 cm³/mol. The maximum Gasteiger partial charge on any atom is 0.333 e. The van der Waals surface area contributed by atoms with Gasteiger partial charge in [-0.1, -0.05) is 6.58 Å². The summed E-state index contributed by atoms with van der Waals surface area (Å²) >= 11 is 0. The number of hydrogen-bond donors (Lipinski definition) is 0. The maximum absolute atomic E-state index is 12.4. The molecule has 0 unspecified atom stereocenters. The van der Waals surface area contributed by atoms with Gasteiger partial charge < -0.3 is 4.74 Å². The third-order valence-corrected chi connectivity index (χ3v) is 2.34. The van der Waals surface area contributed by atoms with Crippen molar-refractivity contribution in [2.75, 3.05) is 6.61 Å². The predicted octanol–water partition coefficient (Wildman–Crippen LogP) is 1.62. The van der Waals surface area contributed by atoms with Gasteiger partial charge >= 0.3 is 5.97 Å². The van der Waals surface area contributed by atoms with Crippen LogP contribution in [0.4, 0.5) is 8.78 Å². The first-order chi connectivity index (χ1) is 6.83. The van der Waals surface area contributed by atoms with Crippen LogP contribution in [0.25, 0.3) is 0 Å². The van der Waals surface area contributed by atoms with Gasteiger partial charge in [-0.2, -0.15) is 0 Å². The van der Waals surface area contributed by atoms with Gasteiger partial charge in [0.15, 0.2) is 0 Å². The summed E-state index contributed by atoms with van der Waals surface area (Å²) in [5, 5.41) is 0. The summed E-state index contributed by atoms with van der Waals surface area (Å²) in [5.74, 6) is -0.414. The van der Waals surface area contributed by atoms with Gasteiger partial charge in [0.25, 0.3) is 0 Å². The van der Waals surface area contributed by atoms with Crippen molar-refractivity contribution in [2.24, 2.45) is 0 Å². The van der Waals surface area contributed by atoms with Crippen molar-refractivity contribution >= 4 is 16.2 Å². The standard InChI is InChI=1S/C10H18F2O2Si/c1-8(2)9(13)14-7-5-3-4-6-10(11,12)15/h1,3-7H2,2,15H3. The van der Waals surface area contributed by atoms with Gasteiger partial charge in [0, 0.05) is 12.0 Å². The number of unbranched alkanes of at least 4 members (excludes halogenated alkanes) is 2. The van der Waals surface area contributed by atoms with Crippen molar-refractivity contribution in [3.8, 4) is 0 Å². The summed E-state index contributed by atoms with van der Waals surface area (Å²) < 4.78 is 29.7. The first-order valence-electron chi connectivity index (χ1n) is 5.03. The van der Waals surface area contributed by atoms with Gasteiger partial charge in [0.2, 0.25) is 5.55 Å². The second-order valence-electron chi connectivity index (χ2n) is 3.80. The number of hydrogen-bond acceptors (Lipinski definition) is 2. The third-order valence-electron chi connectivity index (χ3n) is 1.84. The SMILES string of the molecule is C=C(C)C(=O)OCCCCCC(F)(F)[SiH3]. The Kier molecular flexibility index (Phi) is 6.39. The Morgan fingerprint density at radius 1 is 1.40 bits per heavy atom. The fourth-order valence-electron chi connectivity index (χ4n) is 1.00. The lowest BCUT2D eigenvalue weighted by atomic mass is 10.2. The van der Waals surface area contributed by atoms with E-state index < -0.39 is 11.5 Å². The Hall–Kier alpha value is -0.713. The molecule has 0 aliphatic heterocycles. The number of carbonyl (C=O) groups is 1. The van der Waals surface area contributed by atoms with Crippen LogP contribution in [0.5, 0.6) is 0 Å². The molecular formula is C10H18F2O2Si. The van der Waals surface area contributed by atoms with E-state index in [4.69, 9.17) is 4.74 Å². The highest BCUT2D eigenvalue weighted by Gasteiger charge is 2.19. The molecule has 0 aliphatic rings.